The minimum absolute atomic E-state index is 0.00954. The molecule has 0 aliphatic rings. The predicted octanol–water partition coefficient (Wildman–Crippen LogP) is 5.03. The molecule has 24 heavy (non-hydrogen) atoms. The van der Waals surface area contributed by atoms with E-state index in [0.717, 1.165) is 17.2 Å². The number of benzene rings is 2. The molecule has 0 unspecified atom stereocenters. The van der Waals surface area contributed by atoms with Crippen LogP contribution in [-0.2, 0) is 4.79 Å². The number of nitrogens with zero attached hydrogens (tertiary/aromatic N) is 2. The van der Waals surface area contributed by atoms with Gasteiger partial charge in [0.25, 0.3) is 0 Å². The molecular weight excluding hydrogens is 304 g/mol. The molecule has 0 aromatic heterocycles. The van der Waals surface area contributed by atoms with Crippen LogP contribution in [0, 0.1) is 9.81 Å². The third kappa shape index (κ3) is 5.38. The van der Waals surface area contributed by atoms with Gasteiger partial charge in [-0.3, -0.25) is 4.79 Å². The number of carbonyl (C=O) groups is 1. The molecule has 0 bridgehead atoms. The van der Waals surface area contributed by atoms with Crippen molar-refractivity contribution < 1.29 is 4.79 Å². The first-order valence-electron chi connectivity index (χ1n) is 7.15. The molecular formula is C19H14N2O3. The van der Waals surface area contributed by atoms with Crippen LogP contribution in [-0.4, -0.2) is 5.78 Å². The van der Waals surface area contributed by atoms with Crippen molar-refractivity contribution in [3.8, 4) is 0 Å². The second kappa shape index (κ2) is 8.85. The fourth-order valence-corrected chi connectivity index (χ4v) is 1.87. The topological polar surface area (TPSA) is 75.9 Å². The molecule has 2 aromatic rings. The van der Waals surface area contributed by atoms with E-state index in [1.165, 1.54) is 12.2 Å². The summed E-state index contributed by atoms with van der Waals surface area (Å²) in [7, 11) is 0. The third-order valence-electron chi connectivity index (χ3n) is 3.08. The standard InChI is InChI=1S/C19H14N2O3/c22-19(13-9-15-4-2-1-3-5-15)14-18(21-24)12-8-16-6-10-17(20-23)11-7-16/h1-14H/b12-8+,13-9+,18-14-. The highest BCUT2D eigenvalue weighted by Gasteiger charge is 1.97. The zero-order chi connectivity index (χ0) is 17.2. The largest absolute Gasteiger partial charge is 0.290 e. The van der Waals surface area contributed by atoms with Crippen LogP contribution in [0.4, 0.5) is 5.69 Å². The first kappa shape index (κ1) is 16.9. The minimum Gasteiger partial charge on any atom is -0.290 e. The third-order valence-corrected chi connectivity index (χ3v) is 3.08. The summed E-state index contributed by atoms with van der Waals surface area (Å²) in [5.41, 5.74) is 1.97. The van der Waals surface area contributed by atoms with Gasteiger partial charge in [-0.2, -0.15) is 0 Å². The molecule has 0 N–H and O–H groups in total. The van der Waals surface area contributed by atoms with Crippen LogP contribution in [0.5, 0.6) is 0 Å². The van der Waals surface area contributed by atoms with Gasteiger partial charge in [0.05, 0.1) is 0 Å². The first-order valence-corrected chi connectivity index (χ1v) is 7.15. The van der Waals surface area contributed by atoms with Crippen LogP contribution >= 0.6 is 0 Å². The first-order chi connectivity index (χ1) is 11.7. The van der Waals surface area contributed by atoms with E-state index in [4.69, 9.17) is 0 Å². The number of ketones is 1. The van der Waals surface area contributed by atoms with Gasteiger partial charge in [-0.05, 0) is 45.8 Å². The van der Waals surface area contributed by atoms with Crippen LogP contribution in [0.25, 0.3) is 12.2 Å². The van der Waals surface area contributed by atoms with Crippen molar-refractivity contribution >= 4 is 23.6 Å². The molecule has 118 valence electrons. The molecule has 5 nitrogen and oxygen atoms in total. The summed E-state index contributed by atoms with van der Waals surface area (Å²) in [5.74, 6) is -0.335. The number of rotatable bonds is 7. The van der Waals surface area contributed by atoms with Crippen molar-refractivity contribution in [3.05, 3.63) is 99.5 Å². The van der Waals surface area contributed by atoms with Crippen molar-refractivity contribution in [2.24, 2.45) is 10.4 Å². The Morgan fingerprint density at radius 1 is 0.792 bits per heavy atom. The molecule has 0 saturated heterocycles. The highest BCUT2D eigenvalue weighted by Crippen LogP contribution is 2.14. The molecule has 0 heterocycles. The summed E-state index contributed by atoms with van der Waals surface area (Å²) in [4.78, 5) is 33.0. The zero-order valence-electron chi connectivity index (χ0n) is 12.7. The van der Waals surface area contributed by atoms with Crippen molar-refractivity contribution in [2.45, 2.75) is 0 Å². The lowest BCUT2D eigenvalue weighted by Gasteiger charge is -1.93. The lowest BCUT2D eigenvalue weighted by molar-refractivity contribution is -0.110. The maximum absolute atomic E-state index is 11.8. The number of allylic oxidation sites excluding steroid dienone is 3. The molecule has 5 heteroatoms. The fraction of sp³-hybridized carbons (Fsp3) is 0. The van der Waals surface area contributed by atoms with E-state index < -0.39 is 0 Å². The maximum Gasteiger partial charge on any atom is 0.180 e. The van der Waals surface area contributed by atoms with Gasteiger partial charge in [-0.1, -0.05) is 54.6 Å². The number of carbonyl (C=O) groups excluding carboxylic acids is 1. The monoisotopic (exact) mass is 318 g/mol. The van der Waals surface area contributed by atoms with E-state index in [0.29, 0.717) is 5.69 Å². The smallest absolute Gasteiger partial charge is 0.180 e. The highest BCUT2D eigenvalue weighted by molar-refractivity contribution is 6.02. The maximum atomic E-state index is 11.8. The summed E-state index contributed by atoms with van der Waals surface area (Å²) in [5, 5.41) is 5.63. The van der Waals surface area contributed by atoms with Crippen LogP contribution in [0.1, 0.15) is 11.1 Å². The molecule has 0 radical (unpaired) electrons. The van der Waals surface area contributed by atoms with E-state index in [2.05, 4.69) is 10.4 Å². The van der Waals surface area contributed by atoms with Crippen molar-refractivity contribution in [3.63, 3.8) is 0 Å². The lowest BCUT2D eigenvalue weighted by Crippen LogP contribution is -1.87. The molecule has 2 aromatic carbocycles. The van der Waals surface area contributed by atoms with E-state index >= 15 is 0 Å². The minimum atomic E-state index is -0.335. The second-order valence-corrected chi connectivity index (χ2v) is 4.82. The van der Waals surface area contributed by atoms with Crippen LogP contribution in [0.3, 0.4) is 0 Å². The van der Waals surface area contributed by atoms with Gasteiger partial charge in [0.2, 0.25) is 0 Å². The summed E-state index contributed by atoms with van der Waals surface area (Å²) in [6.07, 6.45) is 7.25. The Kier molecular flexibility index (Phi) is 6.23. The molecule has 0 saturated carbocycles. The number of hydrogen-bond donors (Lipinski definition) is 0. The van der Waals surface area contributed by atoms with Gasteiger partial charge >= 0.3 is 0 Å². The fourth-order valence-electron chi connectivity index (χ4n) is 1.87. The van der Waals surface area contributed by atoms with Crippen molar-refractivity contribution in [1.29, 1.82) is 0 Å². The quantitative estimate of drug-likeness (QED) is 0.408. The Bertz CT molecular complexity index is 804. The summed E-state index contributed by atoms with van der Waals surface area (Å²) in [6.45, 7) is 0. The molecule has 0 amide bonds. The van der Waals surface area contributed by atoms with Crippen molar-refractivity contribution in [1.82, 2.24) is 0 Å². The summed E-state index contributed by atoms with van der Waals surface area (Å²) >= 11 is 0. The van der Waals surface area contributed by atoms with E-state index in [-0.39, 0.29) is 11.5 Å². The van der Waals surface area contributed by atoms with Crippen LogP contribution < -0.4 is 0 Å². The Morgan fingerprint density at radius 3 is 2.04 bits per heavy atom. The summed E-state index contributed by atoms with van der Waals surface area (Å²) < 4.78 is 0. The average Bonchev–Trinajstić information content (AvgIpc) is 2.64. The SMILES string of the molecule is O=NC(=C\C(=O)/C=C/c1ccccc1)/C=C/c1ccc(N=O)cc1. The Labute approximate surface area is 139 Å². The zero-order valence-corrected chi connectivity index (χ0v) is 12.7. The van der Waals surface area contributed by atoms with Crippen LogP contribution in [0.2, 0.25) is 0 Å². The van der Waals surface area contributed by atoms with E-state index in [9.17, 15) is 14.6 Å². The van der Waals surface area contributed by atoms with Crippen molar-refractivity contribution in [2.75, 3.05) is 0 Å². The summed E-state index contributed by atoms with van der Waals surface area (Å²) in [6, 6.07) is 15.8. The predicted molar refractivity (Wildman–Crippen MR) is 95.3 cm³/mol. The van der Waals surface area contributed by atoms with Gasteiger partial charge in [0, 0.05) is 6.08 Å². The molecule has 0 atom stereocenters. The molecule has 0 fully saturated rings. The average molecular weight is 318 g/mol. The van der Waals surface area contributed by atoms with E-state index in [1.807, 2.05) is 30.3 Å². The van der Waals surface area contributed by atoms with Gasteiger partial charge in [0.15, 0.2) is 5.78 Å². The molecule has 2 rings (SSSR count). The molecule has 0 aliphatic carbocycles. The van der Waals surface area contributed by atoms with Crippen LogP contribution in [0.15, 0.2) is 88.9 Å². The van der Waals surface area contributed by atoms with Gasteiger partial charge in [-0.25, -0.2) is 0 Å². The van der Waals surface area contributed by atoms with Gasteiger partial charge in [0.1, 0.15) is 11.4 Å². The second-order valence-electron chi connectivity index (χ2n) is 4.82. The van der Waals surface area contributed by atoms with Gasteiger partial charge < -0.3 is 0 Å². The molecule has 0 aliphatic heterocycles. The molecule has 0 spiro atoms. The van der Waals surface area contributed by atoms with E-state index in [1.54, 1.807) is 36.4 Å². The van der Waals surface area contributed by atoms with Gasteiger partial charge in [-0.15, -0.1) is 9.81 Å². The Balaban J connectivity index is 2.06. The Morgan fingerprint density at radius 2 is 1.42 bits per heavy atom. The number of hydrogen-bond acceptors (Lipinski definition) is 5. The number of nitroso groups, excluding NO2 is 2. The Hall–Kier alpha value is -3.47. The normalized spacial score (nSPS) is 11.8. The lowest BCUT2D eigenvalue weighted by atomic mass is 10.1. The highest BCUT2D eigenvalue weighted by atomic mass is 16.3.